The molecule has 1 aliphatic rings. The molecular weight excluding hydrogens is 383 g/mol. The van der Waals surface area contributed by atoms with Gasteiger partial charge in [-0.2, -0.15) is 18.2 Å². The Morgan fingerprint density at radius 1 is 1.32 bits per heavy atom. The van der Waals surface area contributed by atoms with E-state index in [9.17, 15) is 27.9 Å². The van der Waals surface area contributed by atoms with Gasteiger partial charge in [-0.3, -0.25) is 9.59 Å². The Labute approximate surface area is 156 Å². The van der Waals surface area contributed by atoms with Gasteiger partial charge >= 0.3 is 18.0 Å². The third-order valence-electron chi connectivity index (χ3n) is 4.57. The summed E-state index contributed by atoms with van der Waals surface area (Å²) in [6.07, 6.45) is -4.47. The van der Waals surface area contributed by atoms with Crippen molar-refractivity contribution in [1.29, 1.82) is 0 Å². The quantitative estimate of drug-likeness (QED) is 0.822. The molecule has 1 amide bonds. The molecule has 150 valence electrons. The van der Waals surface area contributed by atoms with E-state index < -0.39 is 23.5 Å². The van der Waals surface area contributed by atoms with Crippen LogP contribution >= 0.6 is 0 Å². The van der Waals surface area contributed by atoms with Crippen molar-refractivity contribution >= 4 is 11.9 Å². The Morgan fingerprint density at radius 2 is 2.00 bits per heavy atom. The summed E-state index contributed by atoms with van der Waals surface area (Å²) in [6.45, 7) is 0.261. The molecule has 11 heteroatoms. The van der Waals surface area contributed by atoms with E-state index in [-0.39, 0.29) is 49.0 Å². The second kappa shape index (κ2) is 7.23. The first kappa shape index (κ1) is 19.8. The minimum absolute atomic E-state index is 0.00951. The maximum absolute atomic E-state index is 12.6. The molecule has 1 N–H and O–H groups in total. The zero-order chi connectivity index (χ0) is 20.5. The maximum atomic E-state index is 12.6. The van der Waals surface area contributed by atoms with Crippen molar-refractivity contribution in [3.8, 4) is 11.4 Å². The van der Waals surface area contributed by atoms with Crippen LogP contribution in [0, 0.1) is 5.41 Å². The van der Waals surface area contributed by atoms with E-state index in [2.05, 4.69) is 14.7 Å². The smallest absolute Gasteiger partial charge is 0.471 e. The van der Waals surface area contributed by atoms with Crippen molar-refractivity contribution < 1.29 is 37.1 Å². The number of carboxylic acid groups (broad SMARTS) is 1. The van der Waals surface area contributed by atoms with Crippen LogP contribution in [0.4, 0.5) is 13.2 Å². The lowest BCUT2D eigenvalue weighted by Gasteiger charge is -2.23. The number of aromatic nitrogens is 2. The largest absolute Gasteiger partial charge is 0.481 e. The molecular formula is C17H16F3N3O5. The Hall–Kier alpha value is -2.95. The summed E-state index contributed by atoms with van der Waals surface area (Å²) in [5.41, 5.74) is -0.637. The van der Waals surface area contributed by atoms with Crippen LogP contribution in [0.25, 0.3) is 11.4 Å². The first-order valence-electron chi connectivity index (χ1n) is 8.19. The number of likely N-dealkylation sites (tertiary alicyclic amines) is 1. The van der Waals surface area contributed by atoms with Gasteiger partial charge in [-0.25, -0.2) is 0 Å². The molecule has 1 aromatic carbocycles. The standard InChI is InChI=1S/C17H16F3N3O5/c1-27-9-16(15(25)26)6-7-23(8-16)13(24)11-4-2-10(3-5-11)12-21-14(28-22-12)17(18,19)20/h2-5H,6-9H2,1H3,(H,25,26). The lowest BCUT2D eigenvalue weighted by molar-refractivity contribution is -0.159. The number of carbonyl (C=O) groups excluding carboxylic acids is 1. The number of rotatable bonds is 5. The Kier molecular flexibility index (Phi) is 5.11. The van der Waals surface area contributed by atoms with Crippen LogP contribution in [-0.2, 0) is 15.7 Å². The molecule has 0 bridgehead atoms. The van der Waals surface area contributed by atoms with Gasteiger partial charge in [-0.15, -0.1) is 0 Å². The van der Waals surface area contributed by atoms with Gasteiger partial charge in [0.2, 0.25) is 5.82 Å². The zero-order valence-corrected chi connectivity index (χ0v) is 14.7. The fourth-order valence-electron chi connectivity index (χ4n) is 3.08. The van der Waals surface area contributed by atoms with E-state index in [0.717, 1.165) is 0 Å². The van der Waals surface area contributed by atoms with Gasteiger partial charge in [0.15, 0.2) is 0 Å². The van der Waals surface area contributed by atoms with Crippen LogP contribution in [-0.4, -0.2) is 58.8 Å². The molecule has 0 saturated carbocycles. The topological polar surface area (TPSA) is 106 Å². The molecule has 1 atom stereocenters. The molecule has 1 aliphatic heterocycles. The summed E-state index contributed by atoms with van der Waals surface area (Å²) in [5.74, 6) is -3.12. The van der Waals surface area contributed by atoms with Crippen molar-refractivity contribution in [1.82, 2.24) is 15.0 Å². The second-order valence-corrected chi connectivity index (χ2v) is 6.49. The predicted molar refractivity (Wildman–Crippen MR) is 87.2 cm³/mol. The molecule has 1 unspecified atom stereocenters. The van der Waals surface area contributed by atoms with E-state index in [1.54, 1.807) is 0 Å². The van der Waals surface area contributed by atoms with E-state index in [0.29, 0.717) is 0 Å². The van der Waals surface area contributed by atoms with E-state index >= 15 is 0 Å². The van der Waals surface area contributed by atoms with E-state index in [1.165, 1.54) is 36.3 Å². The number of carbonyl (C=O) groups is 2. The lowest BCUT2D eigenvalue weighted by atomic mass is 9.88. The van der Waals surface area contributed by atoms with E-state index in [4.69, 9.17) is 4.74 Å². The van der Waals surface area contributed by atoms with Gasteiger partial charge in [0.25, 0.3) is 5.91 Å². The van der Waals surface area contributed by atoms with Crippen LogP contribution in [0.3, 0.4) is 0 Å². The fourth-order valence-corrected chi connectivity index (χ4v) is 3.08. The number of alkyl halides is 3. The van der Waals surface area contributed by atoms with Gasteiger partial charge in [-0.05, 0) is 18.6 Å². The predicted octanol–water partition coefficient (Wildman–Crippen LogP) is 2.32. The average Bonchev–Trinajstić information content (AvgIpc) is 3.30. The molecule has 1 aromatic heterocycles. The number of nitrogens with zero attached hydrogens (tertiary/aromatic N) is 3. The summed E-state index contributed by atoms with van der Waals surface area (Å²) < 4.78 is 46.8. The van der Waals surface area contributed by atoms with Crippen molar-refractivity contribution in [2.75, 3.05) is 26.8 Å². The molecule has 2 aromatic rings. The first-order chi connectivity index (χ1) is 13.2. The molecule has 0 radical (unpaired) electrons. The van der Waals surface area contributed by atoms with Crippen molar-refractivity contribution in [2.24, 2.45) is 5.41 Å². The summed E-state index contributed by atoms with van der Waals surface area (Å²) in [6, 6.07) is 5.62. The monoisotopic (exact) mass is 399 g/mol. The highest BCUT2D eigenvalue weighted by Crippen LogP contribution is 2.33. The Bertz CT molecular complexity index is 881. The third-order valence-corrected chi connectivity index (χ3v) is 4.57. The van der Waals surface area contributed by atoms with Gasteiger partial charge in [0.05, 0.1) is 6.61 Å². The highest BCUT2D eigenvalue weighted by molar-refractivity contribution is 5.95. The fraction of sp³-hybridized carbons (Fsp3) is 0.412. The molecule has 2 heterocycles. The number of carboxylic acids is 1. The summed E-state index contributed by atoms with van der Waals surface area (Å²) in [5, 5.41) is 12.7. The third kappa shape index (κ3) is 3.70. The molecule has 1 saturated heterocycles. The Morgan fingerprint density at radius 3 is 2.54 bits per heavy atom. The number of hydrogen-bond donors (Lipinski definition) is 1. The molecule has 1 fully saturated rings. The molecule has 0 aliphatic carbocycles. The number of methoxy groups -OCH3 is 1. The average molecular weight is 399 g/mol. The number of hydrogen-bond acceptors (Lipinski definition) is 6. The molecule has 8 nitrogen and oxygen atoms in total. The van der Waals surface area contributed by atoms with Gasteiger partial charge in [0, 0.05) is 31.3 Å². The lowest BCUT2D eigenvalue weighted by Crippen LogP contribution is -2.40. The highest BCUT2D eigenvalue weighted by atomic mass is 19.4. The molecule has 0 spiro atoms. The first-order valence-corrected chi connectivity index (χ1v) is 8.19. The highest BCUT2D eigenvalue weighted by Gasteiger charge is 2.46. The molecule has 3 rings (SSSR count). The van der Waals surface area contributed by atoms with Crippen LogP contribution in [0.5, 0.6) is 0 Å². The number of amides is 1. The number of benzene rings is 1. The summed E-state index contributed by atoms with van der Waals surface area (Å²) >= 11 is 0. The van der Waals surface area contributed by atoms with Crippen molar-refractivity contribution in [2.45, 2.75) is 12.6 Å². The summed E-state index contributed by atoms with van der Waals surface area (Å²) in [4.78, 5) is 28.9. The van der Waals surface area contributed by atoms with Crippen LogP contribution in [0.1, 0.15) is 22.7 Å². The maximum Gasteiger partial charge on any atom is 0.471 e. The minimum atomic E-state index is -4.74. The number of ether oxygens (including phenoxy) is 1. The number of aliphatic carboxylic acids is 1. The summed E-state index contributed by atoms with van der Waals surface area (Å²) in [7, 11) is 1.40. The number of halogens is 3. The SMILES string of the molecule is COCC1(C(=O)O)CCN(C(=O)c2ccc(-c3noc(C(F)(F)F)n3)cc2)C1. The van der Waals surface area contributed by atoms with Gasteiger partial charge < -0.3 is 19.3 Å². The van der Waals surface area contributed by atoms with Crippen LogP contribution in [0.15, 0.2) is 28.8 Å². The second-order valence-electron chi connectivity index (χ2n) is 6.49. The van der Waals surface area contributed by atoms with E-state index in [1.807, 2.05) is 0 Å². The van der Waals surface area contributed by atoms with Crippen LogP contribution in [0.2, 0.25) is 0 Å². The van der Waals surface area contributed by atoms with Crippen molar-refractivity contribution in [3.63, 3.8) is 0 Å². The minimum Gasteiger partial charge on any atom is -0.481 e. The Balaban J connectivity index is 1.74. The van der Waals surface area contributed by atoms with Crippen LogP contribution < -0.4 is 0 Å². The zero-order valence-electron chi connectivity index (χ0n) is 14.7. The van der Waals surface area contributed by atoms with Crippen molar-refractivity contribution in [3.05, 3.63) is 35.7 Å². The molecule has 28 heavy (non-hydrogen) atoms. The van der Waals surface area contributed by atoms with Gasteiger partial charge in [-0.1, -0.05) is 17.3 Å². The van der Waals surface area contributed by atoms with Gasteiger partial charge in [0.1, 0.15) is 5.41 Å². The normalized spacial score (nSPS) is 19.8.